The summed E-state index contributed by atoms with van der Waals surface area (Å²) in [4.78, 5) is 14.4. The second-order valence-corrected chi connectivity index (χ2v) is 4.39. The van der Waals surface area contributed by atoms with Crippen molar-refractivity contribution in [3.05, 3.63) is 57.2 Å². The second-order valence-electron chi connectivity index (χ2n) is 3.99. The van der Waals surface area contributed by atoms with Gasteiger partial charge in [0.05, 0.1) is 23.9 Å². The van der Waals surface area contributed by atoms with E-state index in [1.54, 1.807) is 25.4 Å². The van der Waals surface area contributed by atoms with Crippen LogP contribution in [0.2, 0.25) is 5.02 Å². The molecule has 104 valence electrons. The van der Waals surface area contributed by atoms with Crippen molar-refractivity contribution in [1.82, 2.24) is 4.98 Å². The molecular formula is C13H12ClN3O3. The Morgan fingerprint density at radius 2 is 2.20 bits per heavy atom. The molecule has 2 rings (SSSR count). The number of benzene rings is 1. The maximum atomic E-state index is 10.8. The van der Waals surface area contributed by atoms with Crippen LogP contribution in [0.5, 0.6) is 5.88 Å². The highest BCUT2D eigenvalue weighted by atomic mass is 35.5. The van der Waals surface area contributed by atoms with Gasteiger partial charge in [-0.25, -0.2) is 4.98 Å². The summed E-state index contributed by atoms with van der Waals surface area (Å²) < 4.78 is 4.96. The van der Waals surface area contributed by atoms with E-state index in [0.717, 1.165) is 11.3 Å². The Balaban J connectivity index is 2.06. The summed E-state index contributed by atoms with van der Waals surface area (Å²) in [5.74, 6) is 0.526. The molecule has 0 bridgehead atoms. The normalized spacial score (nSPS) is 10.1. The van der Waals surface area contributed by atoms with Gasteiger partial charge < -0.3 is 10.1 Å². The molecule has 0 spiro atoms. The predicted molar refractivity (Wildman–Crippen MR) is 76.2 cm³/mol. The van der Waals surface area contributed by atoms with Crippen molar-refractivity contribution in [2.75, 3.05) is 12.4 Å². The lowest BCUT2D eigenvalue weighted by Crippen LogP contribution is -2.01. The third-order valence-electron chi connectivity index (χ3n) is 2.65. The van der Waals surface area contributed by atoms with Gasteiger partial charge in [-0.15, -0.1) is 0 Å². The van der Waals surface area contributed by atoms with Gasteiger partial charge in [0.1, 0.15) is 5.02 Å². The van der Waals surface area contributed by atoms with E-state index < -0.39 is 4.92 Å². The molecular weight excluding hydrogens is 282 g/mol. The number of methoxy groups -OCH3 is 1. The average molecular weight is 294 g/mol. The summed E-state index contributed by atoms with van der Waals surface area (Å²) in [5, 5.41) is 14.0. The zero-order valence-corrected chi connectivity index (χ0v) is 11.4. The van der Waals surface area contributed by atoms with E-state index in [1.165, 1.54) is 12.1 Å². The molecule has 1 heterocycles. The fourth-order valence-corrected chi connectivity index (χ4v) is 1.80. The van der Waals surface area contributed by atoms with Crippen LogP contribution in [0, 0.1) is 10.1 Å². The molecule has 0 aliphatic heterocycles. The third kappa shape index (κ3) is 3.36. The zero-order valence-electron chi connectivity index (χ0n) is 10.7. The Kier molecular flexibility index (Phi) is 4.37. The highest BCUT2D eigenvalue weighted by molar-refractivity contribution is 6.32. The van der Waals surface area contributed by atoms with E-state index in [9.17, 15) is 10.1 Å². The van der Waals surface area contributed by atoms with Crippen LogP contribution in [-0.2, 0) is 6.54 Å². The first-order chi connectivity index (χ1) is 9.60. The number of halogens is 1. The Bertz CT molecular complexity index is 617. The second kappa shape index (κ2) is 6.21. The summed E-state index contributed by atoms with van der Waals surface area (Å²) >= 11 is 5.76. The number of pyridine rings is 1. The van der Waals surface area contributed by atoms with Crippen LogP contribution < -0.4 is 10.1 Å². The van der Waals surface area contributed by atoms with Crippen LogP contribution in [0.4, 0.5) is 11.4 Å². The Morgan fingerprint density at radius 3 is 2.80 bits per heavy atom. The molecule has 0 fully saturated rings. The molecule has 0 saturated heterocycles. The smallest absolute Gasteiger partial charge is 0.288 e. The van der Waals surface area contributed by atoms with Gasteiger partial charge in [0.25, 0.3) is 5.69 Å². The molecule has 0 radical (unpaired) electrons. The monoisotopic (exact) mass is 293 g/mol. The van der Waals surface area contributed by atoms with E-state index in [2.05, 4.69) is 10.3 Å². The number of ether oxygens (including phenoxy) is 1. The van der Waals surface area contributed by atoms with Crippen molar-refractivity contribution in [2.45, 2.75) is 6.54 Å². The van der Waals surface area contributed by atoms with Crippen molar-refractivity contribution < 1.29 is 9.66 Å². The third-order valence-corrected chi connectivity index (χ3v) is 2.97. The van der Waals surface area contributed by atoms with E-state index in [4.69, 9.17) is 16.3 Å². The molecule has 6 nitrogen and oxygen atoms in total. The lowest BCUT2D eigenvalue weighted by Gasteiger charge is -2.07. The summed E-state index contributed by atoms with van der Waals surface area (Å²) in [6.07, 6.45) is 1.63. The molecule has 0 aliphatic carbocycles. The van der Waals surface area contributed by atoms with E-state index in [-0.39, 0.29) is 10.7 Å². The van der Waals surface area contributed by atoms with Crippen LogP contribution in [-0.4, -0.2) is 17.0 Å². The van der Waals surface area contributed by atoms with E-state index >= 15 is 0 Å². The van der Waals surface area contributed by atoms with Gasteiger partial charge in [0.2, 0.25) is 5.88 Å². The molecule has 7 heteroatoms. The van der Waals surface area contributed by atoms with Crippen LogP contribution in [0.25, 0.3) is 0 Å². The summed E-state index contributed by atoms with van der Waals surface area (Å²) in [6, 6.07) is 8.25. The lowest BCUT2D eigenvalue weighted by atomic mass is 10.2. The molecule has 0 atom stereocenters. The number of nitrogens with zero attached hydrogens (tertiary/aromatic N) is 2. The molecule has 0 saturated carbocycles. The first-order valence-corrected chi connectivity index (χ1v) is 6.14. The molecule has 0 amide bonds. The SMILES string of the molecule is COc1ccc(NCc2ccc(Cl)c([N+](=O)[O-])c2)cn1. The van der Waals surface area contributed by atoms with Crippen molar-refractivity contribution in [2.24, 2.45) is 0 Å². The molecule has 20 heavy (non-hydrogen) atoms. The van der Waals surface area contributed by atoms with Gasteiger partial charge in [-0.2, -0.15) is 0 Å². The Labute approximate surface area is 120 Å². The number of anilines is 1. The number of nitro benzene ring substituents is 1. The maximum absolute atomic E-state index is 10.8. The molecule has 1 aromatic carbocycles. The van der Waals surface area contributed by atoms with Crippen molar-refractivity contribution in [3.8, 4) is 5.88 Å². The van der Waals surface area contributed by atoms with Crippen LogP contribution in [0.3, 0.4) is 0 Å². The van der Waals surface area contributed by atoms with Gasteiger partial charge in [-0.3, -0.25) is 10.1 Å². The molecule has 1 aromatic heterocycles. The van der Waals surface area contributed by atoms with Gasteiger partial charge in [0, 0.05) is 18.7 Å². The van der Waals surface area contributed by atoms with Gasteiger partial charge >= 0.3 is 0 Å². The number of aromatic nitrogens is 1. The van der Waals surface area contributed by atoms with E-state index in [1.807, 2.05) is 6.07 Å². The quantitative estimate of drug-likeness (QED) is 0.676. The molecule has 1 N–H and O–H groups in total. The lowest BCUT2D eigenvalue weighted by molar-refractivity contribution is -0.384. The number of hydrogen-bond acceptors (Lipinski definition) is 5. The van der Waals surface area contributed by atoms with Gasteiger partial charge in [-0.1, -0.05) is 17.7 Å². The molecule has 0 aliphatic rings. The van der Waals surface area contributed by atoms with Gasteiger partial charge in [-0.05, 0) is 17.7 Å². The largest absolute Gasteiger partial charge is 0.481 e. The number of nitro groups is 1. The minimum atomic E-state index is -0.499. The summed E-state index contributed by atoms with van der Waals surface area (Å²) in [6.45, 7) is 0.437. The highest BCUT2D eigenvalue weighted by Gasteiger charge is 2.12. The summed E-state index contributed by atoms with van der Waals surface area (Å²) in [7, 11) is 1.54. The van der Waals surface area contributed by atoms with E-state index in [0.29, 0.717) is 12.4 Å². The molecule has 0 unspecified atom stereocenters. The minimum Gasteiger partial charge on any atom is -0.481 e. The standard InChI is InChI=1S/C13H12ClN3O3/c1-20-13-5-3-10(8-16-13)15-7-9-2-4-11(14)12(6-9)17(18)19/h2-6,8,15H,7H2,1H3. The maximum Gasteiger partial charge on any atom is 0.288 e. The van der Waals surface area contributed by atoms with Crippen molar-refractivity contribution in [1.29, 1.82) is 0 Å². The first kappa shape index (κ1) is 14.1. The number of rotatable bonds is 5. The first-order valence-electron chi connectivity index (χ1n) is 5.77. The van der Waals surface area contributed by atoms with Gasteiger partial charge in [0.15, 0.2) is 0 Å². The Morgan fingerprint density at radius 1 is 1.40 bits per heavy atom. The predicted octanol–water partition coefficient (Wildman–Crippen LogP) is 3.26. The van der Waals surface area contributed by atoms with Crippen molar-refractivity contribution >= 4 is 23.0 Å². The average Bonchev–Trinajstić information content (AvgIpc) is 2.46. The zero-order chi connectivity index (χ0) is 14.5. The number of hydrogen-bond donors (Lipinski definition) is 1. The Hall–Kier alpha value is -2.34. The highest BCUT2D eigenvalue weighted by Crippen LogP contribution is 2.25. The molecule has 2 aromatic rings. The van der Waals surface area contributed by atoms with Crippen LogP contribution in [0.1, 0.15) is 5.56 Å². The van der Waals surface area contributed by atoms with Crippen LogP contribution >= 0.6 is 11.6 Å². The summed E-state index contributed by atoms with van der Waals surface area (Å²) in [5.41, 5.74) is 1.46. The fourth-order valence-electron chi connectivity index (χ4n) is 1.62. The minimum absolute atomic E-state index is 0.0983. The number of nitrogens with one attached hydrogen (secondary N) is 1. The topological polar surface area (TPSA) is 77.3 Å². The fraction of sp³-hybridized carbons (Fsp3) is 0.154. The van der Waals surface area contributed by atoms with Crippen molar-refractivity contribution in [3.63, 3.8) is 0 Å². The van der Waals surface area contributed by atoms with Crippen LogP contribution in [0.15, 0.2) is 36.5 Å².